The molecule has 1 aliphatic heterocycles. The number of rotatable bonds is 7. The number of amides is 1. The van der Waals surface area contributed by atoms with Crippen LogP contribution in [0.4, 0.5) is 13.2 Å². The molecule has 0 spiro atoms. The van der Waals surface area contributed by atoms with Gasteiger partial charge < -0.3 is 15.0 Å². The van der Waals surface area contributed by atoms with Gasteiger partial charge in [0.2, 0.25) is 5.91 Å². The van der Waals surface area contributed by atoms with Crippen LogP contribution in [-0.4, -0.2) is 48.7 Å². The number of halogens is 3. The van der Waals surface area contributed by atoms with Crippen molar-refractivity contribution in [3.8, 4) is 0 Å². The van der Waals surface area contributed by atoms with E-state index in [0.29, 0.717) is 19.2 Å². The van der Waals surface area contributed by atoms with E-state index in [0.717, 1.165) is 25.3 Å². The lowest BCUT2D eigenvalue weighted by atomic mass is 9.98. The summed E-state index contributed by atoms with van der Waals surface area (Å²) in [6, 6.07) is 1.06. The minimum atomic E-state index is -1.21. The molecule has 0 unspecified atom stereocenters. The molecule has 1 heterocycles. The second-order valence-electron chi connectivity index (χ2n) is 8.41. The van der Waals surface area contributed by atoms with Gasteiger partial charge in [-0.15, -0.1) is 0 Å². The van der Waals surface area contributed by atoms with Crippen LogP contribution in [0.3, 0.4) is 0 Å². The molecule has 4 nitrogen and oxygen atoms in total. The Morgan fingerprint density at radius 3 is 2.54 bits per heavy atom. The van der Waals surface area contributed by atoms with Crippen molar-refractivity contribution in [2.75, 3.05) is 20.2 Å². The van der Waals surface area contributed by atoms with Crippen LogP contribution in [0.5, 0.6) is 0 Å². The Bertz CT molecular complexity index is 676. The monoisotopic (exact) mass is 400 g/mol. The summed E-state index contributed by atoms with van der Waals surface area (Å²) in [7, 11) is 1.67. The molecule has 1 N–H and O–H groups in total. The second kappa shape index (κ2) is 9.74. The quantitative estimate of drug-likeness (QED) is 0.708. The first kappa shape index (κ1) is 22.7. The standard InChI is InChI=1S/C21H31F3N2O2/c1-21(2,3)28-13-16-7-5-6-8-26(16)20(27)11-15(25-4)9-14-10-18(23)19(24)12-17(14)22/h10,12,15-16,25H,5-9,11,13H2,1-4H3/t15-,16+/m1/s1. The van der Waals surface area contributed by atoms with Crippen molar-refractivity contribution in [1.82, 2.24) is 10.2 Å². The molecule has 0 bridgehead atoms. The van der Waals surface area contributed by atoms with Crippen molar-refractivity contribution in [3.63, 3.8) is 0 Å². The van der Waals surface area contributed by atoms with Gasteiger partial charge >= 0.3 is 0 Å². The van der Waals surface area contributed by atoms with Crippen LogP contribution in [-0.2, 0) is 16.0 Å². The molecular weight excluding hydrogens is 369 g/mol. The van der Waals surface area contributed by atoms with E-state index in [1.165, 1.54) is 0 Å². The van der Waals surface area contributed by atoms with Crippen molar-refractivity contribution in [3.05, 3.63) is 35.1 Å². The number of likely N-dealkylation sites (tertiary alicyclic amines) is 1. The Hall–Kier alpha value is -1.60. The smallest absolute Gasteiger partial charge is 0.224 e. The molecule has 0 aliphatic carbocycles. The Morgan fingerprint density at radius 1 is 1.21 bits per heavy atom. The molecular formula is C21H31F3N2O2. The lowest BCUT2D eigenvalue weighted by Crippen LogP contribution is -2.49. The molecule has 0 radical (unpaired) electrons. The van der Waals surface area contributed by atoms with Gasteiger partial charge in [-0.3, -0.25) is 4.79 Å². The van der Waals surface area contributed by atoms with Gasteiger partial charge in [0.25, 0.3) is 0 Å². The number of nitrogens with one attached hydrogen (secondary N) is 1. The number of carbonyl (C=O) groups excluding carboxylic acids is 1. The number of benzene rings is 1. The predicted octanol–water partition coefficient (Wildman–Crippen LogP) is 3.82. The summed E-state index contributed by atoms with van der Waals surface area (Å²) in [5, 5.41) is 2.99. The molecule has 158 valence electrons. The van der Waals surface area contributed by atoms with Gasteiger partial charge in [-0.1, -0.05) is 0 Å². The molecule has 2 rings (SSSR count). The molecule has 1 aromatic carbocycles. The van der Waals surface area contributed by atoms with Gasteiger partial charge in [0.05, 0.1) is 18.2 Å². The van der Waals surface area contributed by atoms with E-state index < -0.39 is 17.5 Å². The Morgan fingerprint density at radius 2 is 1.89 bits per heavy atom. The number of carbonyl (C=O) groups is 1. The van der Waals surface area contributed by atoms with Crippen molar-refractivity contribution in [2.45, 2.75) is 70.6 Å². The zero-order chi connectivity index (χ0) is 20.9. The van der Waals surface area contributed by atoms with E-state index in [1.807, 2.05) is 25.7 Å². The van der Waals surface area contributed by atoms with Crippen molar-refractivity contribution < 1.29 is 22.7 Å². The molecule has 1 aliphatic rings. The number of hydrogen-bond donors (Lipinski definition) is 1. The Labute approximate surface area is 165 Å². The summed E-state index contributed by atoms with van der Waals surface area (Å²) in [5.74, 6) is -3.15. The van der Waals surface area contributed by atoms with Gasteiger partial charge in [-0.2, -0.15) is 0 Å². The summed E-state index contributed by atoms with van der Waals surface area (Å²) in [6.45, 7) is 7.10. The largest absolute Gasteiger partial charge is 0.374 e. The van der Waals surface area contributed by atoms with Gasteiger partial charge in [0, 0.05) is 25.1 Å². The molecule has 2 atom stereocenters. The maximum atomic E-state index is 13.9. The van der Waals surface area contributed by atoms with Crippen molar-refractivity contribution >= 4 is 5.91 Å². The summed E-state index contributed by atoms with van der Waals surface area (Å²) in [6.07, 6.45) is 3.14. The molecule has 1 saturated heterocycles. The SMILES string of the molecule is CN[C@@H](CC(=O)N1CCCC[C@H]1COC(C)(C)C)Cc1cc(F)c(F)cc1F. The van der Waals surface area contributed by atoms with Crippen molar-refractivity contribution in [1.29, 1.82) is 0 Å². The molecule has 0 aromatic heterocycles. The average molecular weight is 400 g/mol. The number of ether oxygens (including phenoxy) is 1. The second-order valence-corrected chi connectivity index (χ2v) is 8.41. The molecule has 1 aromatic rings. The summed E-state index contributed by atoms with van der Waals surface area (Å²) in [5.41, 5.74) is -0.221. The summed E-state index contributed by atoms with van der Waals surface area (Å²) >= 11 is 0. The highest BCUT2D eigenvalue weighted by molar-refractivity contribution is 5.77. The molecule has 28 heavy (non-hydrogen) atoms. The highest BCUT2D eigenvalue weighted by atomic mass is 19.2. The van der Waals surface area contributed by atoms with Crippen LogP contribution >= 0.6 is 0 Å². The van der Waals surface area contributed by atoms with E-state index in [-0.39, 0.29) is 42.0 Å². The van der Waals surface area contributed by atoms with Crippen LogP contribution in [0.15, 0.2) is 12.1 Å². The first-order valence-electron chi connectivity index (χ1n) is 9.85. The highest BCUT2D eigenvalue weighted by Gasteiger charge is 2.29. The van der Waals surface area contributed by atoms with Crippen molar-refractivity contribution in [2.24, 2.45) is 0 Å². The van der Waals surface area contributed by atoms with E-state index in [1.54, 1.807) is 7.05 Å². The number of likely N-dealkylation sites (N-methyl/N-ethyl adjacent to an activating group) is 1. The fourth-order valence-corrected chi connectivity index (χ4v) is 3.44. The van der Waals surface area contributed by atoms with E-state index >= 15 is 0 Å². The summed E-state index contributed by atoms with van der Waals surface area (Å²) in [4.78, 5) is 14.7. The topological polar surface area (TPSA) is 41.6 Å². The normalized spacial score (nSPS) is 19.0. The van der Waals surface area contributed by atoms with E-state index in [2.05, 4.69) is 5.32 Å². The van der Waals surface area contributed by atoms with Gasteiger partial charge in [-0.05, 0) is 65.1 Å². The van der Waals surface area contributed by atoms with Crippen LogP contribution in [0.1, 0.15) is 52.0 Å². The van der Waals surface area contributed by atoms with E-state index in [9.17, 15) is 18.0 Å². The fraction of sp³-hybridized carbons (Fsp3) is 0.667. The first-order chi connectivity index (χ1) is 13.1. The zero-order valence-electron chi connectivity index (χ0n) is 17.2. The molecule has 1 amide bonds. The lowest BCUT2D eigenvalue weighted by Gasteiger charge is -2.38. The number of piperidine rings is 1. The molecule has 0 saturated carbocycles. The highest BCUT2D eigenvalue weighted by Crippen LogP contribution is 2.22. The first-order valence-corrected chi connectivity index (χ1v) is 9.85. The number of nitrogens with zero attached hydrogens (tertiary/aromatic N) is 1. The number of hydrogen-bond acceptors (Lipinski definition) is 3. The fourth-order valence-electron chi connectivity index (χ4n) is 3.44. The van der Waals surface area contributed by atoms with Crippen LogP contribution in [0, 0.1) is 17.5 Å². The Kier molecular flexibility index (Phi) is 7.89. The predicted molar refractivity (Wildman–Crippen MR) is 103 cm³/mol. The van der Waals surface area contributed by atoms with Crippen LogP contribution in [0.2, 0.25) is 0 Å². The third kappa shape index (κ3) is 6.48. The van der Waals surface area contributed by atoms with Crippen LogP contribution in [0.25, 0.3) is 0 Å². The minimum Gasteiger partial charge on any atom is -0.374 e. The lowest BCUT2D eigenvalue weighted by molar-refractivity contribution is -0.139. The van der Waals surface area contributed by atoms with Crippen LogP contribution < -0.4 is 5.32 Å². The minimum absolute atomic E-state index is 0.0259. The maximum absolute atomic E-state index is 13.9. The summed E-state index contributed by atoms with van der Waals surface area (Å²) < 4.78 is 46.4. The van der Waals surface area contributed by atoms with Gasteiger partial charge in [0.1, 0.15) is 5.82 Å². The Balaban J connectivity index is 2.02. The average Bonchev–Trinajstić information content (AvgIpc) is 2.63. The molecule has 1 fully saturated rings. The van der Waals surface area contributed by atoms with E-state index in [4.69, 9.17) is 4.74 Å². The maximum Gasteiger partial charge on any atom is 0.224 e. The zero-order valence-corrected chi connectivity index (χ0v) is 17.2. The third-order valence-electron chi connectivity index (χ3n) is 5.04. The van der Waals surface area contributed by atoms with Gasteiger partial charge in [-0.25, -0.2) is 13.2 Å². The van der Waals surface area contributed by atoms with Gasteiger partial charge in [0.15, 0.2) is 11.6 Å². The molecule has 7 heteroatoms. The third-order valence-corrected chi connectivity index (χ3v) is 5.04.